The van der Waals surface area contributed by atoms with E-state index in [1.165, 1.54) is 19.2 Å². The molecule has 2 aromatic rings. The number of ether oxygens (including phenoxy) is 1. The molecule has 0 unspecified atom stereocenters. The Morgan fingerprint density at radius 3 is 2.76 bits per heavy atom. The molecule has 17 heavy (non-hydrogen) atoms. The fourth-order valence-electron chi connectivity index (χ4n) is 1.49. The molecule has 0 saturated heterocycles. The van der Waals surface area contributed by atoms with Gasteiger partial charge in [-0.05, 0) is 12.1 Å². The van der Waals surface area contributed by atoms with E-state index in [0.717, 1.165) is 0 Å². The maximum atomic E-state index is 13.8. The summed E-state index contributed by atoms with van der Waals surface area (Å²) in [7, 11) is 1.45. The van der Waals surface area contributed by atoms with Crippen molar-refractivity contribution in [3.05, 3.63) is 35.2 Å². The van der Waals surface area contributed by atoms with Crippen LogP contribution in [-0.2, 0) is 0 Å². The van der Waals surface area contributed by atoms with E-state index in [1.54, 1.807) is 12.1 Å². The van der Waals surface area contributed by atoms with Crippen molar-refractivity contribution in [2.45, 2.75) is 0 Å². The summed E-state index contributed by atoms with van der Waals surface area (Å²) in [5.41, 5.74) is 5.97. The summed E-state index contributed by atoms with van der Waals surface area (Å²) in [6.07, 6.45) is 0. The third-order valence-electron chi connectivity index (χ3n) is 2.16. The lowest BCUT2D eigenvalue weighted by Gasteiger charge is -2.09. The molecular formula is C11H9ClFN3O. The van der Waals surface area contributed by atoms with Gasteiger partial charge in [-0.1, -0.05) is 17.7 Å². The highest BCUT2D eigenvalue weighted by atomic mass is 35.5. The molecule has 0 fully saturated rings. The van der Waals surface area contributed by atoms with Crippen LogP contribution in [0.15, 0.2) is 24.3 Å². The van der Waals surface area contributed by atoms with Crippen molar-refractivity contribution in [1.29, 1.82) is 0 Å². The highest BCUT2D eigenvalue weighted by Crippen LogP contribution is 2.32. The number of anilines is 1. The molecule has 0 saturated carbocycles. The highest BCUT2D eigenvalue weighted by Gasteiger charge is 2.14. The smallest absolute Gasteiger partial charge is 0.221 e. The first-order chi connectivity index (χ1) is 8.11. The predicted molar refractivity (Wildman–Crippen MR) is 63.4 cm³/mol. The van der Waals surface area contributed by atoms with Crippen molar-refractivity contribution >= 4 is 17.5 Å². The van der Waals surface area contributed by atoms with E-state index in [0.29, 0.717) is 5.75 Å². The molecule has 0 aliphatic heterocycles. The second-order valence-corrected chi connectivity index (χ2v) is 3.64. The number of halogens is 2. The molecule has 0 atom stereocenters. The van der Waals surface area contributed by atoms with Gasteiger partial charge in [0.2, 0.25) is 5.95 Å². The monoisotopic (exact) mass is 253 g/mol. The molecule has 6 heteroatoms. The lowest BCUT2D eigenvalue weighted by atomic mass is 10.1. The average molecular weight is 254 g/mol. The van der Waals surface area contributed by atoms with Crippen LogP contribution in [0.5, 0.6) is 5.75 Å². The number of nitrogens with zero attached hydrogens (tertiary/aromatic N) is 2. The van der Waals surface area contributed by atoms with Gasteiger partial charge in [0, 0.05) is 6.07 Å². The maximum Gasteiger partial charge on any atom is 0.221 e. The summed E-state index contributed by atoms with van der Waals surface area (Å²) in [5, 5.41) is 0.151. The Kier molecular flexibility index (Phi) is 3.10. The van der Waals surface area contributed by atoms with Gasteiger partial charge in [-0.25, -0.2) is 14.4 Å². The van der Waals surface area contributed by atoms with Crippen molar-refractivity contribution in [1.82, 2.24) is 9.97 Å². The Balaban J connectivity index is 2.67. The lowest BCUT2D eigenvalue weighted by molar-refractivity contribution is 0.413. The summed E-state index contributed by atoms with van der Waals surface area (Å²) in [6, 6.07) is 5.91. The Morgan fingerprint density at radius 1 is 1.35 bits per heavy atom. The van der Waals surface area contributed by atoms with Crippen LogP contribution in [0.2, 0.25) is 5.15 Å². The van der Waals surface area contributed by atoms with Gasteiger partial charge < -0.3 is 10.5 Å². The second kappa shape index (κ2) is 4.55. The first-order valence-corrected chi connectivity index (χ1v) is 5.12. The van der Waals surface area contributed by atoms with E-state index >= 15 is 0 Å². The Hall–Kier alpha value is -1.88. The lowest BCUT2D eigenvalue weighted by Crippen LogP contribution is -1.99. The van der Waals surface area contributed by atoms with Crippen molar-refractivity contribution in [3.63, 3.8) is 0 Å². The normalized spacial score (nSPS) is 10.3. The van der Waals surface area contributed by atoms with Crippen LogP contribution in [0, 0.1) is 5.82 Å². The topological polar surface area (TPSA) is 61.0 Å². The molecule has 88 valence electrons. The van der Waals surface area contributed by atoms with E-state index in [2.05, 4.69) is 9.97 Å². The first-order valence-electron chi connectivity index (χ1n) is 4.74. The van der Waals surface area contributed by atoms with Crippen LogP contribution >= 0.6 is 11.6 Å². The van der Waals surface area contributed by atoms with Crippen LogP contribution in [-0.4, -0.2) is 17.1 Å². The van der Waals surface area contributed by atoms with E-state index in [1.807, 2.05) is 0 Å². The number of hydrogen-bond acceptors (Lipinski definition) is 4. The Labute approximate surface area is 102 Å². The quantitative estimate of drug-likeness (QED) is 0.836. The average Bonchev–Trinajstić information content (AvgIpc) is 2.27. The van der Waals surface area contributed by atoms with Gasteiger partial charge >= 0.3 is 0 Å². The molecule has 0 bridgehead atoms. The first kappa shape index (κ1) is 11.6. The summed E-state index contributed by atoms with van der Waals surface area (Å²) < 4.78 is 18.8. The molecule has 0 radical (unpaired) electrons. The maximum absolute atomic E-state index is 13.8. The summed E-state index contributed by atoms with van der Waals surface area (Å²) in [5.74, 6) is -0.115. The Bertz CT molecular complexity index is 542. The molecule has 0 aliphatic carbocycles. The van der Waals surface area contributed by atoms with Crippen LogP contribution in [0.1, 0.15) is 0 Å². The molecule has 1 heterocycles. The van der Waals surface area contributed by atoms with Crippen molar-refractivity contribution < 1.29 is 9.13 Å². The summed E-state index contributed by atoms with van der Waals surface area (Å²) in [6.45, 7) is 0. The molecule has 0 amide bonds. The number of hydrogen-bond donors (Lipinski definition) is 1. The van der Waals surface area contributed by atoms with Gasteiger partial charge in [0.25, 0.3) is 0 Å². The molecule has 0 spiro atoms. The van der Waals surface area contributed by atoms with Crippen molar-refractivity contribution in [2.75, 3.05) is 12.8 Å². The third-order valence-corrected chi connectivity index (χ3v) is 2.36. The van der Waals surface area contributed by atoms with E-state index < -0.39 is 5.82 Å². The van der Waals surface area contributed by atoms with Crippen molar-refractivity contribution in [2.24, 2.45) is 0 Å². The number of nitrogens with two attached hydrogens (primary N) is 1. The Morgan fingerprint density at radius 2 is 2.12 bits per heavy atom. The molecule has 0 aliphatic rings. The minimum absolute atomic E-state index is 0.0159. The minimum atomic E-state index is -0.460. The fourth-order valence-corrected chi connectivity index (χ4v) is 1.68. The zero-order chi connectivity index (χ0) is 12.4. The van der Waals surface area contributed by atoms with E-state index in [9.17, 15) is 4.39 Å². The van der Waals surface area contributed by atoms with Crippen LogP contribution in [0.25, 0.3) is 11.3 Å². The summed E-state index contributed by atoms with van der Waals surface area (Å²) in [4.78, 5) is 7.65. The molecule has 2 rings (SSSR count). The third kappa shape index (κ3) is 2.29. The van der Waals surface area contributed by atoms with E-state index in [4.69, 9.17) is 22.1 Å². The SMILES string of the molecule is COc1cccc(F)c1-c1cc(Cl)nc(N)n1. The number of methoxy groups -OCH3 is 1. The molecule has 4 nitrogen and oxygen atoms in total. The van der Waals surface area contributed by atoms with Gasteiger partial charge in [-0.15, -0.1) is 0 Å². The molecule has 1 aromatic carbocycles. The molecule has 1 aromatic heterocycles. The summed E-state index contributed by atoms with van der Waals surface area (Å²) >= 11 is 5.75. The van der Waals surface area contributed by atoms with Gasteiger partial charge in [-0.3, -0.25) is 0 Å². The fraction of sp³-hybridized carbons (Fsp3) is 0.0909. The van der Waals surface area contributed by atoms with Crippen LogP contribution in [0.4, 0.5) is 10.3 Å². The largest absolute Gasteiger partial charge is 0.496 e. The highest BCUT2D eigenvalue weighted by molar-refractivity contribution is 6.29. The van der Waals surface area contributed by atoms with Crippen LogP contribution in [0.3, 0.4) is 0 Å². The second-order valence-electron chi connectivity index (χ2n) is 3.25. The van der Waals surface area contributed by atoms with Crippen molar-refractivity contribution in [3.8, 4) is 17.0 Å². The van der Waals surface area contributed by atoms with Crippen LogP contribution < -0.4 is 10.5 Å². The molecular weight excluding hydrogens is 245 g/mol. The number of nitrogen functional groups attached to an aromatic ring is 1. The van der Waals surface area contributed by atoms with E-state index in [-0.39, 0.29) is 22.4 Å². The zero-order valence-electron chi connectivity index (χ0n) is 8.95. The van der Waals surface area contributed by atoms with Gasteiger partial charge in [0.05, 0.1) is 18.4 Å². The van der Waals surface area contributed by atoms with Gasteiger partial charge in [0.1, 0.15) is 16.7 Å². The minimum Gasteiger partial charge on any atom is -0.496 e. The zero-order valence-corrected chi connectivity index (χ0v) is 9.70. The number of rotatable bonds is 2. The van der Waals surface area contributed by atoms with Gasteiger partial charge in [0.15, 0.2) is 0 Å². The number of benzene rings is 1. The van der Waals surface area contributed by atoms with Gasteiger partial charge in [-0.2, -0.15) is 0 Å². The standard InChI is InChI=1S/C11H9ClFN3O/c1-17-8-4-2-3-6(13)10(8)7-5-9(12)16-11(14)15-7/h2-5H,1H3,(H2,14,15,16). The molecule has 2 N–H and O–H groups in total. The predicted octanol–water partition coefficient (Wildman–Crippen LogP) is 2.53. The number of aromatic nitrogens is 2.